The maximum absolute atomic E-state index is 13.0. The number of aromatic nitrogens is 3. The highest BCUT2D eigenvalue weighted by molar-refractivity contribution is 7.99. The van der Waals surface area contributed by atoms with Crippen LogP contribution in [0, 0.1) is 0 Å². The zero-order chi connectivity index (χ0) is 28.6. The summed E-state index contributed by atoms with van der Waals surface area (Å²) in [6, 6.07) is 27.4. The second kappa shape index (κ2) is 13.5. The van der Waals surface area contributed by atoms with Crippen molar-refractivity contribution >= 4 is 23.6 Å². The van der Waals surface area contributed by atoms with Crippen molar-refractivity contribution in [2.75, 3.05) is 32.5 Å². The Morgan fingerprint density at radius 3 is 2.32 bits per heavy atom. The fourth-order valence-corrected chi connectivity index (χ4v) is 5.96. The van der Waals surface area contributed by atoms with E-state index < -0.39 is 0 Å². The summed E-state index contributed by atoms with van der Waals surface area (Å²) in [7, 11) is 1.65. The average Bonchev–Trinajstić information content (AvgIpc) is 3.41. The molecule has 3 aromatic carbocycles. The lowest BCUT2D eigenvalue weighted by molar-refractivity contribution is -0.133. The Balaban J connectivity index is 1.17. The topological polar surface area (TPSA) is 80.6 Å². The lowest BCUT2D eigenvalue weighted by atomic mass is 10.1. The smallest absolute Gasteiger partial charge is 0.254 e. The van der Waals surface area contributed by atoms with Crippen LogP contribution in [-0.4, -0.2) is 74.9 Å². The van der Waals surface area contributed by atoms with E-state index in [4.69, 9.17) is 4.74 Å². The van der Waals surface area contributed by atoms with Crippen LogP contribution in [0.2, 0.25) is 0 Å². The summed E-state index contributed by atoms with van der Waals surface area (Å²) in [5, 5.41) is 9.83. The van der Waals surface area contributed by atoms with E-state index in [1.165, 1.54) is 0 Å². The van der Waals surface area contributed by atoms with Crippen molar-refractivity contribution in [2.24, 2.45) is 0 Å². The van der Waals surface area contributed by atoms with Gasteiger partial charge in [0.25, 0.3) is 5.91 Å². The minimum atomic E-state index is -0.0270. The first-order chi connectivity index (χ1) is 20.0. The Labute approximate surface area is 245 Å². The van der Waals surface area contributed by atoms with Crippen LogP contribution in [0.3, 0.4) is 0 Å². The van der Waals surface area contributed by atoms with E-state index >= 15 is 0 Å². The van der Waals surface area contributed by atoms with Crippen molar-refractivity contribution in [3.63, 3.8) is 0 Å². The van der Waals surface area contributed by atoms with Gasteiger partial charge in [-0.15, -0.1) is 10.2 Å². The number of benzene rings is 3. The van der Waals surface area contributed by atoms with Gasteiger partial charge in [-0.25, -0.2) is 0 Å². The van der Waals surface area contributed by atoms with Crippen molar-refractivity contribution in [1.82, 2.24) is 24.6 Å². The molecule has 2 heterocycles. The SMILES string of the molecule is COc1ccc(-n2c(Cc3ccccc3)nnc2SCCCC(=O)N2CCN(C(=O)c3ccccc3)C(C)C2)cc1. The van der Waals surface area contributed by atoms with E-state index in [0.29, 0.717) is 38.0 Å². The third-order valence-corrected chi connectivity index (χ3v) is 8.28. The Bertz CT molecular complexity index is 1440. The van der Waals surface area contributed by atoms with Crippen molar-refractivity contribution < 1.29 is 14.3 Å². The quantitative estimate of drug-likeness (QED) is 0.195. The number of ether oxygens (including phenoxy) is 1. The molecule has 0 aliphatic carbocycles. The van der Waals surface area contributed by atoms with Gasteiger partial charge in [0.1, 0.15) is 11.6 Å². The molecular weight excluding hydrogens is 534 g/mol. The van der Waals surface area contributed by atoms with Gasteiger partial charge in [-0.05, 0) is 55.3 Å². The van der Waals surface area contributed by atoms with Gasteiger partial charge in [-0.2, -0.15) is 0 Å². The summed E-state index contributed by atoms with van der Waals surface area (Å²) in [5.74, 6) is 2.54. The largest absolute Gasteiger partial charge is 0.497 e. The highest BCUT2D eigenvalue weighted by atomic mass is 32.2. The van der Waals surface area contributed by atoms with E-state index in [-0.39, 0.29) is 17.9 Å². The Kier molecular flexibility index (Phi) is 9.36. The van der Waals surface area contributed by atoms with E-state index in [9.17, 15) is 9.59 Å². The van der Waals surface area contributed by atoms with Crippen LogP contribution in [0.5, 0.6) is 5.75 Å². The maximum atomic E-state index is 13.0. The van der Waals surface area contributed by atoms with Crippen LogP contribution in [0.1, 0.15) is 41.5 Å². The average molecular weight is 570 g/mol. The first-order valence-corrected chi connectivity index (χ1v) is 14.9. The number of amides is 2. The second-order valence-corrected chi connectivity index (χ2v) is 11.2. The molecule has 0 bridgehead atoms. The van der Waals surface area contributed by atoms with Gasteiger partial charge in [-0.3, -0.25) is 14.2 Å². The molecule has 1 unspecified atom stereocenters. The summed E-state index contributed by atoms with van der Waals surface area (Å²) in [4.78, 5) is 29.7. The number of carbonyl (C=O) groups is 2. The van der Waals surface area contributed by atoms with Gasteiger partial charge in [0, 0.05) is 55.5 Å². The molecule has 1 saturated heterocycles. The number of nitrogens with zero attached hydrogens (tertiary/aromatic N) is 5. The third-order valence-electron chi connectivity index (χ3n) is 7.26. The van der Waals surface area contributed by atoms with Gasteiger partial charge >= 0.3 is 0 Å². The zero-order valence-electron chi connectivity index (χ0n) is 23.5. The minimum absolute atomic E-state index is 0.0224. The van der Waals surface area contributed by atoms with Crippen molar-refractivity contribution in [2.45, 2.75) is 37.4 Å². The highest BCUT2D eigenvalue weighted by Gasteiger charge is 2.30. The number of carbonyl (C=O) groups excluding carboxylic acids is 2. The molecule has 0 spiro atoms. The molecule has 1 aliphatic heterocycles. The van der Waals surface area contributed by atoms with Crippen molar-refractivity contribution in [1.29, 1.82) is 0 Å². The fourth-order valence-electron chi connectivity index (χ4n) is 5.05. The molecule has 0 radical (unpaired) electrons. The number of hydrogen-bond acceptors (Lipinski definition) is 6. The number of piperazine rings is 1. The number of methoxy groups -OCH3 is 1. The molecule has 1 aromatic heterocycles. The molecule has 2 amide bonds. The van der Waals surface area contributed by atoms with Crippen LogP contribution in [0.15, 0.2) is 90.1 Å². The first-order valence-electron chi connectivity index (χ1n) is 13.9. The molecule has 1 aliphatic rings. The standard InChI is InChI=1S/C32H35N5O3S/c1-24-23-35(19-20-36(24)31(39)26-12-7-4-8-13-26)30(38)14-9-21-41-32-34-33-29(22-25-10-5-3-6-11-25)37(32)27-15-17-28(40-2)18-16-27/h3-8,10-13,15-18,24H,9,14,19-23H2,1-2H3. The molecule has 212 valence electrons. The summed E-state index contributed by atoms with van der Waals surface area (Å²) in [6.45, 7) is 3.67. The fraction of sp³-hybridized carbons (Fsp3) is 0.312. The van der Waals surface area contributed by atoms with Gasteiger partial charge in [0.15, 0.2) is 5.16 Å². The monoisotopic (exact) mass is 569 g/mol. The predicted molar refractivity (Wildman–Crippen MR) is 161 cm³/mol. The maximum Gasteiger partial charge on any atom is 0.254 e. The van der Waals surface area contributed by atoms with Crippen LogP contribution >= 0.6 is 11.8 Å². The lowest BCUT2D eigenvalue weighted by Crippen LogP contribution is -2.55. The van der Waals surface area contributed by atoms with Crippen LogP contribution in [0.25, 0.3) is 5.69 Å². The molecule has 0 saturated carbocycles. The molecule has 5 rings (SSSR count). The van der Waals surface area contributed by atoms with Crippen molar-refractivity contribution in [3.8, 4) is 11.4 Å². The van der Waals surface area contributed by atoms with E-state index in [2.05, 4.69) is 26.9 Å². The predicted octanol–water partition coefficient (Wildman–Crippen LogP) is 5.11. The molecule has 0 N–H and O–H groups in total. The molecule has 4 aromatic rings. The van der Waals surface area contributed by atoms with E-state index in [1.807, 2.05) is 89.5 Å². The normalized spacial score (nSPS) is 15.1. The number of hydrogen-bond donors (Lipinski definition) is 0. The zero-order valence-corrected chi connectivity index (χ0v) is 24.3. The lowest BCUT2D eigenvalue weighted by Gasteiger charge is -2.40. The molecular formula is C32H35N5O3S. The molecule has 9 heteroatoms. The first kappa shape index (κ1) is 28.4. The van der Waals surface area contributed by atoms with E-state index in [1.54, 1.807) is 18.9 Å². The Morgan fingerprint density at radius 2 is 1.63 bits per heavy atom. The molecule has 41 heavy (non-hydrogen) atoms. The van der Waals surface area contributed by atoms with Crippen LogP contribution in [0.4, 0.5) is 0 Å². The third kappa shape index (κ3) is 6.97. The summed E-state index contributed by atoms with van der Waals surface area (Å²) in [6.07, 6.45) is 1.85. The number of rotatable bonds is 10. The van der Waals surface area contributed by atoms with Gasteiger partial charge in [0.05, 0.1) is 7.11 Å². The van der Waals surface area contributed by atoms with Gasteiger partial charge < -0.3 is 14.5 Å². The van der Waals surface area contributed by atoms with Gasteiger partial charge in [0.2, 0.25) is 5.91 Å². The second-order valence-electron chi connectivity index (χ2n) is 10.1. The van der Waals surface area contributed by atoms with Crippen LogP contribution in [-0.2, 0) is 11.2 Å². The summed E-state index contributed by atoms with van der Waals surface area (Å²) in [5.41, 5.74) is 2.82. The van der Waals surface area contributed by atoms with E-state index in [0.717, 1.165) is 40.2 Å². The molecule has 8 nitrogen and oxygen atoms in total. The summed E-state index contributed by atoms with van der Waals surface area (Å²) >= 11 is 1.61. The highest BCUT2D eigenvalue weighted by Crippen LogP contribution is 2.26. The van der Waals surface area contributed by atoms with Crippen LogP contribution < -0.4 is 4.74 Å². The summed E-state index contributed by atoms with van der Waals surface area (Å²) < 4.78 is 7.42. The number of thioether (sulfide) groups is 1. The minimum Gasteiger partial charge on any atom is -0.497 e. The molecule has 1 fully saturated rings. The Hall–Kier alpha value is -4.11. The Morgan fingerprint density at radius 1 is 0.927 bits per heavy atom. The van der Waals surface area contributed by atoms with Crippen molar-refractivity contribution in [3.05, 3.63) is 102 Å². The molecule has 1 atom stereocenters. The van der Waals surface area contributed by atoms with Gasteiger partial charge in [-0.1, -0.05) is 60.3 Å².